The minimum absolute atomic E-state index is 0.294. The molecule has 3 aliphatic heterocycles. The molecule has 0 N–H and O–H groups in total. The molecule has 0 bridgehead atoms. The van der Waals surface area contributed by atoms with Gasteiger partial charge in [0.15, 0.2) is 0 Å². The minimum Gasteiger partial charge on any atom is -0.376 e. The Hall–Kier alpha value is -3.66. The van der Waals surface area contributed by atoms with Crippen molar-refractivity contribution < 1.29 is 14.2 Å². The highest BCUT2D eigenvalue weighted by Gasteiger charge is 2.37. The molecule has 0 unspecified atom stereocenters. The van der Waals surface area contributed by atoms with E-state index < -0.39 is 0 Å². The summed E-state index contributed by atoms with van der Waals surface area (Å²) in [4.78, 5) is 0. The average molecular weight is 567 g/mol. The largest absolute Gasteiger partial charge is 0.376 e. The van der Waals surface area contributed by atoms with Crippen LogP contribution in [-0.2, 0) is 51.0 Å². The molecule has 3 heterocycles. The number of benzene rings is 3. The average Bonchev–Trinajstić information content (AvgIpc) is 3.95. The van der Waals surface area contributed by atoms with E-state index in [1.165, 1.54) is 0 Å². The SMILES string of the molecule is CCC(COCc1ccc(C2(C)N=N2)cc1)(COCc1ccc(C2(C)N=N2)cc1)COCc1ccc(C2(C)N=N2)cc1. The summed E-state index contributed by atoms with van der Waals surface area (Å²) in [7, 11) is 0. The number of nitrogens with zero attached hydrogens (tertiary/aromatic N) is 6. The van der Waals surface area contributed by atoms with Gasteiger partial charge in [-0.2, -0.15) is 30.7 Å². The van der Waals surface area contributed by atoms with Crippen LogP contribution in [0.3, 0.4) is 0 Å². The summed E-state index contributed by atoms with van der Waals surface area (Å²) in [6.45, 7) is 11.3. The third kappa shape index (κ3) is 6.53. The van der Waals surface area contributed by atoms with Crippen LogP contribution < -0.4 is 0 Å². The summed E-state index contributed by atoms with van der Waals surface area (Å²) >= 11 is 0. The Labute approximate surface area is 247 Å². The van der Waals surface area contributed by atoms with Crippen LogP contribution >= 0.6 is 0 Å². The second-order valence-electron chi connectivity index (χ2n) is 12.1. The summed E-state index contributed by atoms with van der Waals surface area (Å²) < 4.78 is 18.9. The molecular formula is C33H38N6O3. The predicted octanol–water partition coefficient (Wildman–Crippen LogP) is 7.95. The van der Waals surface area contributed by atoms with Gasteiger partial charge in [-0.3, -0.25) is 0 Å². The van der Waals surface area contributed by atoms with Crippen molar-refractivity contribution in [3.63, 3.8) is 0 Å². The van der Waals surface area contributed by atoms with E-state index in [2.05, 4.69) is 110 Å². The molecule has 0 saturated heterocycles. The molecule has 0 atom stereocenters. The zero-order valence-corrected chi connectivity index (χ0v) is 24.8. The predicted molar refractivity (Wildman–Crippen MR) is 158 cm³/mol. The lowest BCUT2D eigenvalue weighted by atomic mass is 9.88. The highest BCUT2D eigenvalue weighted by Crippen LogP contribution is 2.40. The Kier molecular flexibility index (Phi) is 7.59. The molecular weight excluding hydrogens is 528 g/mol. The zero-order valence-electron chi connectivity index (χ0n) is 24.8. The van der Waals surface area contributed by atoms with Crippen LogP contribution in [-0.4, -0.2) is 19.8 Å². The quantitative estimate of drug-likeness (QED) is 0.176. The lowest BCUT2D eigenvalue weighted by Crippen LogP contribution is -2.36. The third-order valence-corrected chi connectivity index (χ3v) is 8.48. The number of hydrogen-bond donors (Lipinski definition) is 0. The van der Waals surface area contributed by atoms with Gasteiger partial charge in [0.1, 0.15) is 0 Å². The van der Waals surface area contributed by atoms with E-state index in [-0.39, 0.29) is 22.4 Å². The molecule has 0 aromatic heterocycles. The summed E-state index contributed by atoms with van der Waals surface area (Å²) in [6, 6.07) is 25.0. The molecule has 0 aliphatic carbocycles. The molecule has 9 heteroatoms. The van der Waals surface area contributed by atoms with Gasteiger partial charge in [-0.1, -0.05) is 79.7 Å². The molecule has 3 aromatic rings. The fourth-order valence-electron chi connectivity index (χ4n) is 4.91. The Morgan fingerprint density at radius 1 is 0.476 bits per heavy atom. The van der Waals surface area contributed by atoms with Gasteiger partial charge < -0.3 is 14.2 Å². The van der Waals surface area contributed by atoms with E-state index in [1.54, 1.807) is 0 Å². The molecule has 9 nitrogen and oxygen atoms in total. The monoisotopic (exact) mass is 566 g/mol. The standard InChI is InChI=1S/C33H38N6O3/c1-5-33(21-40-18-24-6-12-27(13-7-24)30(2)34-35-30,22-41-19-25-8-14-28(15-9-25)31(3)36-37-31)23-42-20-26-10-16-29(17-11-26)32(4)38-39-32/h6-17H,5,18-23H2,1-4H3. The van der Waals surface area contributed by atoms with E-state index in [1.807, 2.05) is 20.8 Å². The van der Waals surface area contributed by atoms with Gasteiger partial charge in [0.2, 0.25) is 17.0 Å². The second-order valence-corrected chi connectivity index (χ2v) is 12.1. The Bertz CT molecular complexity index is 1290. The van der Waals surface area contributed by atoms with E-state index in [4.69, 9.17) is 14.2 Å². The highest BCUT2D eigenvalue weighted by molar-refractivity contribution is 5.31. The molecule has 0 fully saturated rings. The van der Waals surface area contributed by atoms with Crippen LogP contribution in [0.15, 0.2) is 103 Å². The van der Waals surface area contributed by atoms with Crippen LogP contribution in [0.1, 0.15) is 67.5 Å². The maximum atomic E-state index is 6.29. The van der Waals surface area contributed by atoms with E-state index in [9.17, 15) is 0 Å². The van der Waals surface area contributed by atoms with Crippen molar-refractivity contribution in [3.8, 4) is 0 Å². The van der Waals surface area contributed by atoms with Crippen LogP contribution in [0, 0.1) is 5.41 Å². The first-order valence-corrected chi connectivity index (χ1v) is 14.6. The van der Waals surface area contributed by atoms with Gasteiger partial charge in [-0.15, -0.1) is 0 Å². The van der Waals surface area contributed by atoms with Gasteiger partial charge in [-0.05, 0) is 43.9 Å². The normalized spacial score (nSPS) is 18.3. The smallest absolute Gasteiger partial charge is 0.213 e. The minimum atomic E-state index is -0.368. The van der Waals surface area contributed by atoms with E-state index in [0.717, 1.165) is 39.8 Å². The molecule has 218 valence electrons. The fourth-order valence-corrected chi connectivity index (χ4v) is 4.91. The molecule has 3 aliphatic rings. The van der Waals surface area contributed by atoms with Crippen molar-refractivity contribution in [2.24, 2.45) is 36.1 Å². The number of rotatable bonds is 16. The Morgan fingerprint density at radius 2 is 0.738 bits per heavy atom. The first-order chi connectivity index (χ1) is 20.2. The highest BCUT2D eigenvalue weighted by atomic mass is 16.5. The van der Waals surface area contributed by atoms with Crippen LogP contribution in [0.4, 0.5) is 0 Å². The summed E-state index contributed by atoms with van der Waals surface area (Å²) in [5, 5.41) is 24.8. The third-order valence-electron chi connectivity index (χ3n) is 8.48. The maximum Gasteiger partial charge on any atom is 0.213 e. The van der Waals surface area contributed by atoms with Gasteiger partial charge in [0.25, 0.3) is 0 Å². The Balaban J connectivity index is 1.05. The fraction of sp³-hybridized carbons (Fsp3) is 0.455. The molecule has 0 radical (unpaired) electrons. The Morgan fingerprint density at radius 3 is 0.952 bits per heavy atom. The van der Waals surface area contributed by atoms with Gasteiger partial charge in [0, 0.05) is 22.1 Å². The number of hydrogen-bond acceptors (Lipinski definition) is 9. The summed E-state index contributed by atoms with van der Waals surface area (Å²) in [6.07, 6.45) is 0.855. The first kappa shape index (κ1) is 28.5. The van der Waals surface area contributed by atoms with Crippen LogP contribution in [0.5, 0.6) is 0 Å². The molecule has 6 rings (SSSR count). The second kappa shape index (κ2) is 11.2. The van der Waals surface area contributed by atoms with Crippen molar-refractivity contribution in [2.45, 2.75) is 70.9 Å². The molecule has 3 aromatic carbocycles. The van der Waals surface area contributed by atoms with E-state index >= 15 is 0 Å². The van der Waals surface area contributed by atoms with Crippen molar-refractivity contribution in [1.29, 1.82) is 0 Å². The molecule has 42 heavy (non-hydrogen) atoms. The maximum absolute atomic E-state index is 6.29. The van der Waals surface area contributed by atoms with Crippen molar-refractivity contribution >= 4 is 0 Å². The zero-order chi connectivity index (χ0) is 29.3. The van der Waals surface area contributed by atoms with Crippen molar-refractivity contribution in [3.05, 3.63) is 106 Å². The van der Waals surface area contributed by atoms with Crippen LogP contribution in [0.25, 0.3) is 0 Å². The lowest BCUT2D eigenvalue weighted by Gasteiger charge is -2.32. The summed E-state index contributed by atoms with van der Waals surface area (Å²) in [5.41, 5.74) is 5.23. The van der Waals surface area contributed by atoms with Crippen molar-refractivity contribution in [2.75, 3.05) is 19.8 Å². The summed E-state index contributed by atoms with van der Waals surface area (Å²) in [5.74, 6) is 0. The van der Waals surface area contributed by atoms with Crippen LogP contribution in [0.2, 0.25) is 0 Å². The van der Waals surface area contributed by atoms with E-state index in [0.29, 0.717) is 39.6 Å². The lowest BCUT2D eigenvalue weighted by molar-refractivity contribution is -0.0818. The molecule has 0 amide bonds. The van der Waals surface area contributed by atoms with Crippen molar-refractivity contribution in [1.82, 2.24) is 0 Å². The molecule has 0 saturated carbocycles. The van der Waals surface area contributed by atoms with Gasteiger partial charge in [-0.25, -0.2) is 0 Å². The van der Waals surface area contributed by atoms with Gasteiger partial charge in [0.05, 0.1) is 39.6 Å². The van der Waals surface area contributed by atoms with Gasteiger partial charge >= 0.3 is 0 Å². The molecule has 0 spiro atoms. The topological polar surface area (TPSA) is 102 Å². The first-order valence-electron chi connectivity index (χ1n) is 14.6. The number of ether oxygens (including phenoxy) is 3.